The fourth-order valence-corrected chi connectivity index (χ4v) is 7.14. The Balaban J connectivity index is 1.61. The van der Waals surface area contributed by atoms with Crippen molar-refractivity contribution in [2.24, 2.45) is 29.6 Å². The van der Waals surface area contributed by atoms with Crippen LogP contribution in [0.5, 0.6) is 0 Å². The van der Waals surface area contributed by atoms with Crippen molar-refractivity contribution >= 4 is 10.8 Å². The molecular formula is C22H22. The molecule has 2 aromatic rings. The van der Waals surface area contributed by atoms with Crippen molar-refractivity contribution in [1.29, 1.82) is 0 Å². The molecule has 3 fully saturated rings. The lowest BCUT2D eigenvalue weighted by atomic mass is 9.57. The molecule has 0 aliphatic heterocycles. The van der Waals surface area contributed by atoms with Crippen molar-refractivity contribution in [3.63, 3.8) is 0 Å². The van der Waals surface area contributed by atoms with E-state index < -0.39 is 0 Å². The lowest BCUT2D eigenvalue weighted by Gasteiger charge is -2.46. The summed E-state index contributed by atoms with van der Waals surface area (Å²) in [6.45, 7) is 0. The summed E-state index contributed by atoms with van der Waals surface area (Å²) in [6, 6.07) is 16.3. The monoisotopic (exact) mass is 286 g/mol. The topological polar surface area (TPSA) is 0 Å². The largest absolute Gasteiger partial charge is 0.0848 e. The van der Waals surface area contributed by atoms with Gasteiger partial charge in [0.1, 0.15) is 0 Å². The van der Waals surface area contributed by atoms with Crippen LogP contribution in [0.3, 0.4) is 0 Å². The molecule has 2 aromatic carbocycles. The Kier molecular flexibility index (Phi) is 2.09. The van der Waals surface area contributed by atoms with Gasteiger partial charge in [-0.1, -0.05) is 54.6 Å². The highest BCUT2D eigenvalue weighted by atomic mass is 14.7. The Morgan fingerprint density at radius 2 is 1.77 bits per heavy atom. The molecule has 0 saturated heterocycles. The van der Waals surface area contributed by atoms with E-state index in [-0.39, 0.29) is 0 Å². The lowest BCUT2D eigenvalue weighted by Crippen LogP contribution is -2.43. The summed E-state index contributed by atoms with van der Waals surface area (Å²) in [5.74, 6) is 4.60. The molecule has 0 heteroatoms. The van der Waals surface area contributed by atoms with Crippen molar-refractivity contribution in [3.05, 3.63) is 60.2 Å². The summed E-state index contributed by atoms with van der Waals surface area (Å²) >= 11 is 0. The molecule has 4 aliphatic rings. The zero-order valence-electron chi connectivity index (χ0n) is 12.9. The van der Waals surface area contributed by atoms with Crippen LogP contribution in [-0.2, 0) is 5.41 Å². The maximum Gasteiger partial charge on any atom is 0.00809 e. The second-order valence-corrected chi connectivity index (χ2v) is 8.18. The molecule has 0 amide bonds. The minimum absolute atomic E-state index is 0.492. The molecular weight excluding hydrogens is 264 g/mol. The highest BCUT2D eigenvalue weighted by Crippen LogP contribution is 2.72. The van der Waals surface area contributed by atoms with Crippen LogP contribution in [0.25, 0.3) is 10.8 Å². The van der Waals surface area contributed by atoms with Crippen molar-refractivity contribution in [3.8, 4) is 0 Å². The first kappa shape index (κ1) is 11.9. The number of allylic oxidation sites excluding steroid dienone is 2. The molecule has 0 nitrogen and oxygen atoms in total. The van der Waals surface area contributed by atoms with Gasteiger partial charge >= 0.3 is 0 Å². The van der Waals surface area contributed by atoms with Crippen LogP contribution in [-0.4, -0.2) is 0 Å². The molecule has 0 aromatic heterocycles. The second-order valence-electron chi connectivity index (χ2n) is 8.18. The summed E-state index contributed by atoms with van der Waals surface area (Å²) < 4.78 is 0. The van der Waals surface area contributed by atoms with Gasteiger partial charge in [-0.2, -0.15) is 0 Å². The smallest absolute Gasteiger partial charge is 0.00809 e. The van der Waals surface area contributed by atoms with Crippen molar-refractivity contribution in [2.75, 3.05) is 0 Å². The van der Waals surface area contributed by atoms with E-state index >= 15 is 0 Å². The van der Waals surface area contributed by atoms with Crippen LogP contribution in [0.4, 0.5) is 0 Å². The molecule has 6 unspecified atom stereocenters. The first-order valence-corrected chi connectivity index (χ1v) is 9.05. The lowest BCUT2D eigenvalue weighted by molar-refractivity contribution is 0.153. The summed E-state index contributed by atoms with van der Waals surface area (Å²) in [5.41, 5.74) is 2.16. The third-order valence-electron chi connectivity index (χ3n) is 7.65. The quantitative estimate of drug-likeness (QED) is 0.491. The third kappa shape index (κ3) is 1.20. The van der Waals surface area contributed by atoms with Crippen LogP contribution in [0.15, 0.2) is 54.6 Å². The van der Waals surface area contributed by atoms with Gasteiger partial charge in [0.25, 0.3) is 0 Å². The van der Waals surface area contributed by atoms with E-state index in [1.807, 2.05) is 0 Å². The average Bonchev–Trinajstić information content (AvgIpc) is 3.32. The van der Waals surface area contributed by atoms with Crippen LogP contribution in [0, 0.1) is 29.6 Å². The predicted octanol–water partition coefficient (Wildman–Crippen LogP) is 5.33. The minimum Gasteiger partial charge on any atom is -0.0848 e. The van der Waals surface area contributed by atoms with Crippen LogP contribution >= 0.6 is 0 Å². The fraction of sp³-hybridized carbons (Fsp3) is 0.455. The van der Waals surface area contributed by atoms with E-state index in [0.717, 1.165) is 29.6 Å². The molecule has 22 heavy (non-hydrogen) atoms. The van der Waals surface area contributed by atoms with Gasteiger partial charge < -0.3 is 0 Å². The molecule has 4 bridgehead atoms. The average molecular weight is 286 g/mol. The Bertz CT molecular complexity index is 801. The van der Waals surface area contributed by atoms with Crippen molar-refractivity contribution in [1.82, 2.24) is 0 Å². The molecule has 6 atom stereocenters. The molecule has 0 heterocycles. The highest BCUT2D eigenvalue weighted by Gasteiger charge is 2.67. The molecule has 0 radical (unpaired) electrons. The predicted molar refractivity (Wildman–Crippen MR) is 90.7 cm³/mol. The van der Waals surface area contributed by atoms with Crippen LogP contribution < -0.4 is 0 Å². The molecule has 0 spiro atoms. The zero-order chi connectivity index (χ0) is 14.3. The minimum atomic E-state index is 0.492. The molecule has 0 N–H and O–H groups in total. The first-order chi connectivity index (χ1) is 10.9. The van der Waals surface area contributed by atoms with Gasteiger partial charge in [0.05, 0.1) is 0 Å². The van der Waals surface area contributed by atoms with Crippen molar-refractivity contribution in [2.45, 2.75) is 31.1 Å². The highest BCUT2D eigenvalue weighted by molar-refractivity contribution is 5.83. The maximum atomic E-state index is 2.58. The van der Waals surface area contributed by atoms with Gasteiger partial charge in [-0.25, -0.2) is 0 Å². The Hall–Kier alpha value is -1.56. The third-order valence-corrected chi connectivity index (χ3v) is 7.65. The normalized spacial score (nSPS) is 44.1. The summed E-state index contributed by atoms with van der Waals surface area (Å²) in [6.07, 6.45) is 11.1. The van der Waals surface area contributed by atoms with Crippen LogP contribution in [0.2, 0.25) is 0 Å². The van der Waals surface area contributed by atoms with E-state index in [0.29, 0.717) is 5.41 Å². The fourth-order valence-electron chi connectivity index (χ4n) is 7.14. The van der Waals surface area contributed by atoms with Gasteiger partial charge in [0, 0.05) is 5.41 Å². The van der Waals surface area contributed by atoms with Gasteiger partial charge in [-0.15, -0.1) is 0 Å². The number of rotatable bonds is 1. The van der Waals surface area contributed by atoms with E-state index in [1.165, 1.54) is 36.5 Å². The molecule has 6 rings (SSSR count). The molecule has 3 saturated carbocycles. The summed E-state index contributed by atoms with van der Waals surface area (Å²) in [7, 11) is 0. The number of hydrogen-bond acceptors (Lipinski definition) is 0. The number of hydrogen-bond donors (Lipinski definition) is 0. The van der Waals surface area contributed by atoms with Crippen LogP contribution in [0.1, 0.15) is 31.2 Å². The van der Waals surface area contributed by atoms with E-state index in [2.05, 4.69) is 54.6 Å². The number of benzene rings is 2. The van der Waals surface area contributed by atoms with Gasteiger partial charge in [-0.05, 0) is 71.6 Å². The van der Waals surface area contributed by atoms with Gasteiger partial charge in [0.2, 0.25) is 0 Å². The zero-order valence-corrected chi connectivity index (χ0v) is 12.9. The molecule has 110 valence electrons. The number of fused-ring (bicyclic) bond motifs is 10. The van der Waals surface area contributed by atoms with Gasteiger partial charge in [-0.3, -0.25) is 0 Å². The first-order valence-electron chi connectivity index (χ1n) is 9.05. The van der Waals surface area contributed by atoms with E-state index in [1.54, 1.807) is 5.56 Å². The van der Waals surface area contributed by atoms with Gasteiger partial charge in [0.15, 0.2) is 0 Å². The summed E-state index contributed by atoms with van der Waals surface area (Å²) in [5, 5.41) is 2.82. The van der Waals surface area contributed by atoms with E-state index in [4.69, 9.17) is 0 Å². The van der Waals surface area contributed by atoms with E-state index in [9.17, 15) is 0 Å². The Labute approximate surface area is 132 Å². The Morgan fingerprint density at radius 1 is 0.864 bits per heavy atom. The molecule has 4 aliphatic carbocycles. The maximum absolute atomic E-state index is 2.58. The summed E-state index contributed by atoms with van der Waals surface area (Å²) in [4.78, 5) is 0. The standard InChI is InChI=1S/C22H22/c1-2-4-15-11-18(8-5-14(15)3-1)22-19-9-6-16(12-19)21(22)17-7-10-20(22)13-17/h1-6,8-9,11,16-17,19-21H,7,10,12-13H2. The second kappa shape index (κ2) is 3.85. The Morgan fingerprint density at radius 3 is 2.73 bits per heavy atom. The van der Waals surface area contributed by atoms with Crippen molar-refractivity contribution < 1.29 is 0 Å². The SMILES string of the molecule is C1=CC2CC1C1C3CCC(C3)C21c1ccc2ccccc2c1.